The van der Waals surface area contributed by atoms with Crippen molar-refractivity contribution in [1.82, 2.24) is 0 Å². The van der Waals surface area contributed by atoms with E-state index in [2.05, 4.69) is 0 Å². The molecule has 10 heavy (non-hydrogen) atoms. The number of rotatable bonds is 0. The number of alkyl halides is 3. The van der Waals surface area contributed by atoms with Crippen LogP contribution in [-0.4, -0.2) is 17.9 Å². The third-order valence-corrected chi connectivity index (χ3v) is 1.56. The average Bonchev–Trinajstić information content (AvgIpc) is 1.79. The minimum Gasteiger partial charge on any atom is -0.296 e. The summed E-state index contributed by atoms with van der Waals surface area (Å²) in [6.07, 6.45) is -3.68. The van der Waals surface area contributed by atoms with Crippen molar-refractivity contribution in [2.75, 3.05) is 0 Å². The van der Waals surface area contributed by atoms with Gasteiger partial charge in [-0.1, -0.05) is 0 Å². The molecule has 0 saturated heterocycles. The molecule has 0 bridgehead atoms. The fourth-order valence-electron chi connectivity index (χ4n) is 0.941. The molecule has 1 aliphatic rings. The third kappa shape index (κ3) is 1.49. The molecule has 1 atom stereocenters. The molecular weight excluding hydrogens is 145 g/mol. The predicted octanol–water partition coefficient (Wildman–Crippen LogP) is 1.71. The topological polar surface area (TPSA) is 17.1 Å². The zero-order chi connectivity index (χ0) is 7.78. The van der Waals surface area contributed by atoms with E-state index in [0.29, 0.717) is 0 Å². The molecule has 0 aliphatic heterocycles. The first-order chi connectivity index (χ1) is 4.51. The van der Waals surface area contributed by atoms with Gasteiger partial charge in [0, 0.05) is 19.3 Å². The van der Waals surface area contributed by atoms with Crippen molar-refractivity contribution in [3.05, 3.63) is 0 Å². The molecular formula is C6H7F3O. The number of ketones is 1. The van der Waals surface area contributed by atoms with Crippen molar-refractivity contribution < 1.29 is 18.0 Å². The van der Waals surface area contributed by atoms with E-state index in [1.807, 2.05) is 0 Å². The zero-order valence-corrected chi connectivity index (χ0v) is 5.24. The van der Waals surface area contributed by atoms with Crippen molar-refractivity contribution in [1.29, 1.82) is 0 Å². The molecule has 0 amide bonds. The molecule has 0 aromatic heterocycles. The molecule has 0 unspecified atom stereocenters. The lowest BCUT2D eigenvalue weighted by atomic mass is 9.94. The van der Waals surface area contributed by atoms with Crippen molar-refractivity contribution in [2.45, 2.75) is 31.4 Å². The molecule has 0 spiro atoms. The lowest BCUT2D eigenvalue weighted by Gasteiger charge is -2.22. The average molecular weight is 152 g/mol. The molecule has 0 heterocycles. The van der Waals surface area contributed by atoms with Gasteiger partial charge in [-0.3, -0.25) is 4.79 Å². The summed E-state index contributed by atoms with van der Waals surface area (Å²) in [7, 11) is 0. The van der Waals surface area contributed by atoms with Gasteiger partial charge in [0.25, 0.3) is 5.92 Å². The van der Waals surface area contributed by atoms with Crippen LogP contribution in [0.15, 0.2) is 0 Å². The van der Waals surface area contributed by atoms with Gasteiger partial charge in [-0.15, -0.1) is 0 Å². The van der Waals surface area contributed by atoms with Crippen LogP contribution in [0.1, 0.15) is 19.3 Å². The van der Waals surface area contributed by atoms with Gasteiger partial charge in [0.1, 0.15) is 0 Å². The van der Waals surface area contributed by atoms with E-state index in [4.69, 9.17) is 0 Å². The van der Waals surface area contributed by atoms with Gasteiger partial charge in [0.15, 0.2) is 12.0 Å². The highest BCUT2D eigenvalue weighted by molar-refractivity contribution is 5.83. The van der Waals surface area contributed by atoms with Crippen molar-refractivity contribution >= 4 is 5.78 Å². The summed E-state index contributed by atoms with van der Waals surface area (Å²) >= 11 is 0. The van der Waals surface area contributed by atoms with Gasteiger partial charge in [0.05, 0.1) is 0 Å². The first kappa shape index (κ1) is 7.57. The van der Waals surface area contributed by atoms with Gasteiger partial charge in [-0.2, -0.15) is 0 Å². The maximum absolute atomic E-state index is 12.2. The molecule has 1 nitrogen and oxygen atoms in total. The first-order valence-electron chi connectivity index (χ1n) is 3.06. The molecule has 0 N–H and O–H groups in total. The Balaban J connectivity index is 2.57. The van der Waals surface area contributed by atoms with Crippen molar-refractivity contribution in [2.24, 2.45) is 0 Å². The molecule has 0 aromatic rings. The fourth-order valence-corrected chi connectivity index (χ4v) is 0.941. The summed E-state index contributed by atoms with van der Waals surface area (Å²) in [5.74, 6) is -3.65. The van der Waals surface area contributed by atoms with Gasteiger partial charge in [0.2, 0.25) is 0 Å². The van der Waals surface area contributed by atoms with Crippen LogP contribution in [0.4, 0.5) is 13.2 Å². The molecule has 1 saturated carbocycles. The number of halogens is 3. The Morgan fingerprint density at radius 1 is 1.50 bits per heavy atom. The van der Waals surface area contributed by atoms with E-state index in [1.54, 1.807) is 0 Å². The summed E-state index contributed by atoms with van der Waals surface area (Å²) < 4.78 is 36.7. The monoisotopic (exact) mass is 152 g/mol. The fraction of sp³-hybridized carbons (Fsp3) is 0.833. The minimum absolute atomic E-state index is 0.325. The van der Waals surface area contributed by atoms with Crippen LogP contribution in [0.5, 0.6) is 0 Å². The van der Waals surface area contributed by atoms with Crippen LogP contribution in [0.2, 0.25) is 0 Å². The van der Waals surface area contributed by atoms with E-state index in [9.17, 15) is 18.0 Å². The Kier molecular flexibility index (Phi) is 1.70. The van der Waals surface area contributed by atoms with Crippen LogP contribution < -0.4 is 0 Å². The summed E-state index contributed by atoms with van der Waals surface area (Å²) in [6.45, 7) is 0. The van der Waals surface area contributed by atoms with Gasteiger partial charge in [-0.25, -0.2) is 13.2 Å². The minimum atomic E-state index is -2.96. The molecule has 1 aliphatic carbocycles. The van der Waals surface area contributed by atoms with Gasteiger partial charge < -0.3 is 0 Å². The van der Waals surface area contributed by atoms with Crippen LogP contribution in [0.3, 0.4) is 0 Å². The molecule has 1 rings (SSSR count). The Hall–Kier alpha value is -0.540. The third-order valence-electron chi connectivity index (χ3n) is 1.56. The number of hydrogen-bond donors (Lipinski definition) is 0. The molecule has 0 radical (unpaired) electrons. The number of carbonyl (C=O) groups excluding carboxylic acids is 1. The van der Waals surface area contributed by atoms with Crippen LogP contribution >= 0.6 is 0 Å². The number of hydrogen-bond acceptors (Lipinski definition) is 1. The van der Waals surface area contributed by atoms with E-state index >= 15 is 0 Å². The normalized spacial score (nSPS) is 32.3. The second-order valence-electron chi connectivity index (χ2n) is 2.49. The molecule has 58 valence electrons. The van der Waals surface area contributed by atoms with Crippen molar-refractivity contribution in [3.8, 4) is 0 Å². The van der Waals surface area contributed by atoms with Crippen LogP contribution in [-0.2, 0) is 4.79 Å². The highest BCUT2D eigenvalue weighted by atomic mass is 19.3. The zero-order valence-electron chi connectivity index (χ0n) is 5.24. The summed E-state index contributed by atoms with van der Waals surface area (Å²) in [4.78, 5) is 10.4. The van der Waals surface area contributed by atoms with Gasteiger partial charge in [-0.05, 0) is 0 Å². The maximum Gasteiger partial charge on any atom is 0.251 e. The molecule has 4 heteroatoms. The molecule has 1 fully saturated rings. The lowest BCUT2D eigenvalue weighted by molar-refractivity contribution is -0.136. The molecule has 0 aromatic carbocycles. The highest BCUT2D eigenvalue weighted by Crippen LogP contribution is 2.32. The Morgan fingerprint density at radius 2 is 2.10 bits per heavy atom. The largest absolute Gasteiger partial charge is 0.296 e. The standard InChI is InChI=1S/C6H7F3O/c7-4-3-6(8,9)2-1-5(4)10/h4H,1-3H2/t4-/m0/s1. The maximum atomic E-state index is 12.2. The summed E-state index contributed by atoms with van der Waals surface area (Å²) in [5, 5.41) is 0. The van der Waals surface area contributed by atoms with E-state index in [-0.39, 0.29) is 6.42 Å². The lowest BCUT2D eigenvalue weighted by Crippen LogP contribution is -2.33. The Morgan fingerprint density at radius 3 is 2.50 bits per heavy atom. The number of carbonyl (C=O) groups is 1. The SMILES string of the molecule is O=C1CCC(F)(F)C[C@@H]1F. The highest BCUT2D eigenvalue weighted by Gasteiger charge is 2.40. The second-order valence-corrected chi connectivity index (χ2v) is 2.49. The van der Waals surface area contributed by atoms with Gasteiger partial charge >= 0.3 is 0 Å². The summed E-state index contributed by atoms with van der Waals surface area (Å²) in [5.41, 5.74) is 0. The van der Waals surface area contributed by atoms with E-state index in [0.717, 1.165) is 0 Å². The van der Waals surface area contributed by atoms with E-state index in [1.165, 1.54) is 0 Å². The van der Waals surface area contributed by atoms with Crippen LogP contribution in [0.25, 0.3) is 0 Å². The Labute approximate surface area is 56.2 Å². The van der Waals surface area contributed by atoms with E-state index < -0.39 is 30.7 Å². The quantitative estimate of drug-likeness (QED) is 0.516. The van der Waals surface area contributed by atoms with Crippen LogP contribution in [0, 0.1) is 0 Å². The Bertz CT molecular complexity index is 155. The second kappa shape index (κ2) is 2.25. The predicted molar refractivity (Wildman–Crippen MR) is 28.7 cm³/mol. The number of Topliss-reactive ketones (excluding diaryl/α,β-unsaturated/α-hetero) is 1. The summed E-state index contributed by atoms with van der Waals surface area (Å²) in [6, 6.07) is 0. The van der Waals surface area contributed by atoms with Crippen molar-refractivity contribution in [3.63, 3.8) is 0 Å². The first-order valence-corrected chi connectivity index (χ1v) is 3.06. The smallest absolute Gasteiger partial charge is 0.251 e.